The van der Waals surface area contributed by atoms with Gasteiger partial charge in [0, 0.05) is 44.2 Å². The van der Waals surface area contributed by atoms with Crippen molar-refractivity contribution >= 4 is 11.5 Å². The van der Waals surface area contributed by atoms with Crippen molar-refractivity contribution in [2.45, 2.75) is 6.42 Å². The van der Waals surface area contributed by atoms with Gasteiger partial charge < -0.3 is 4.90 Å². The van der Waals surface area contributed by atoms with Crippen LogP contribution < -0.4 is 4.90 Å². The zero-order valence-corrected chi connectivity index (χ0v) is 10.6. The van der Waals surface area contributed by atoms with Crippen LogP contribution in [0.1, 0.15) is 15.9 Å². The van der Waals surface area contributed by atoms with E-state index in [9.17, 15) is 4.79 Å². The van der Waals surface area contributed by atoms with Crippen LogP contribution in [0.4, 0.5) is 5.69 Å². The molecule has 2 rings (SSSR count). The lowest BCUT2D eigenvalue weighted by Gasteiger charge is -2.13. The fourth-order valence-electron chi connectivity index (χ4n) is 1.75. The molecule has 1 aromatic carbocycles. The number of rotatable bonds is 4. The maximum atomic E-state index is 12.1. The second-order valence-corrected chi connectivity index (χ2v) is 4.40. The zero-order valence-electron chi connectivity index (χ0n) is 10.6. The Morgan fingerprint density at radius 2 is 1.89 bits per heavy atom. The summed E-state index contributed by atoms with van der Waals surface area (Å²) in [7, 11) is 3.93. The molecule has 0 unspecified atom stereocenters. The zero-order chi connectivity index (χ0) is 13.0. The smallest absolute Gasteiger partial charge is 0.167 e. The Balaban J connectivity index is 2.16. The highest BCUT2D eigenvalue weighted by Gasteiger charge is 2.08. The molecule has 0 saturated carbocycles. The molecule has 0 aliphatic carbocycles. The molecule has 3 nitrogen and oxygen atoms in total. The molecule has 1 aromatic heterocycles. The molecule has 0 N–H and O–H groups in total. The van der Waals surface area contributed by atoms with Gasteiger partial charge in [-0.3, -0.25) is 9.78 Å². The minimum Gasteiger partial charge on any atom is -0.378 e. The number of benzene rings is 1. The van der Waals surface area contributed by atoms with Crippen LogP contribution in [0.25, 0.3) is 0 Å². The van der Waals surface area contributed by atoms with E-state index in [1.165, 1.54) is 0 Å². The Hall–Kier alpha value is -2.16. The number of aromatic nitrogens is 1. The van der Waals surface area contributed by atoms with Crippen LogP contribution in [0.2, 0.25) is 0 Å². The lowest BCUT2D eigenvalue weighted by molar-refractivity contribution is 0.0993. The largest absolute Gasteiger partial charge is 0.378 e. The fourth-order valence-corrected chi connectivity index (χ4v) is 1.75. The quantitative estimate of drug-likeness (QED) is 0.770. The molecule has 18 heavy (non-hydrogen) atoms. The van der Waals surface area contributed by atoms with Crippen LogP contribution in [0.3, 0.4) is 0 Å². The summed E-state index contributed by atoms with van der Waals surface area (Å²) in [5.74, 6) is 0.130. The van der Waals surface area contributed by atoms with Crippen LogP contribution in [0, 0.1) is 0 Å². The molecule has 0 aliphatic heterocycles. The van der Waals surface area contributed by atoms with E-state index in [0.29, 0.717) is 6.42 Å². The van der Waals surface area contributed by atoms with Crippen LogP contribution in [-0.4, -0.2) is 24.9 Å². The monoisotopic (exact) mass is 240 g/mol. The number of carbonyl (C=O) groups is 1. The third kappa shape index (κ3) is 2.94. The van der Waals surface area contributed by atoms with Gasteiger partial charge in [-0.05, 0) is 29.8 Å². The molecule has 0 spiro atoms. The van der Waals surface area contributed by atoms with Gasteiger partial charge in [-0.25, -0.2) is 0 Å². The van der Waals surface area contributed by atoms with Gasteiger partial charge in [-0.2, -0.15) is 0 Å². The minimum absolute atomic E-state index is 0.130. The Bertz CT molecular complexity index is 535. The van der Waals surface area contributed by atoms with Gasteiger partial charge in [-0.1, -0.05) is 12.1 Å². The van der Waals surface area contributed by atoms with Gasteiger partial charge in [0.05, 0.1) is 0 Å². The first kappa shape index (κ1) is 12.3. The molecule has 2 aromatic rings. The van der Waals surface area contributed by atoms with Crippen LogP contribution in [-0.2, 0) is 6.42 Å². The predicted molar refractivity (Wildman–Crippen MR) is 73.0 cm³/mol. The van der Waals surface area contributed by atoms with Crippen molar-refractivity contribution < 1.29 is 4.79 Å². The fraction of sp³-hybridized carbons (Fsp3) is 0.200. The summed E-state index contributed by atoms with van der Waals surface area (Å²) in [5, 5.41) is 0. The van der Waals surface area contributed by atoms with Crippen molar-refractivity contribution in [3.05, 3.63) is 59.9 Å². The van der Waals surface area contributed by atoms with Crippen molar-refractivity contribution in [1.82, 2.24) is 4.98 Å². The summed E-state index contributed by atoms with van der Waals surface area (Å²) in [4.78, 5) is 18.1. The van der Waals surface area contributed by atoms with Gasteiger partial charge in [-0.15, -0.1) is 0 Å². The average molecular weight is 240 g/mol. The third-order valence-electron chi connectivity index (χ3n) is 2.80. The first-order valence-corrected chi connectivity index (χ1v) is 5.86. The van der Waals surface area contributed by atoms with Crippen molar-refractivity contribution in [2.75, 3.05) is 19.0 Å². The van der Waals surface area contributed by atoms with Crippen molar-refractivity contribution in [3.63, 3.8) is 0 Å². The number of Topliss-reactive ketones (excluding diaryl/α,β-unsaturated/α-hetero) is 1. The summed E-state index contributed by atoms with van der Waals surface area (Å²) in [6, 6.07) is 11.4. The number of pyridine rings is 1. The molecule has 0 radical (unpaired) electrons. The SMILES string of the molecule is CN(C)c1cccc(C(=O)Cc2ccncc2)c1. The Kier molecular flexibility index (Phi) is 3.72. The topological polar surface area (TPSA) is 33.2 Å². The average Bonchev–Trinajstić information content (AvgIpc) is 2.40. The van der Waals surface area contributed by atoms with Crippen molar-refractivity contribution in [2.24, 2.45) is 0 Å². The van der Waals surface area contributed by atoms with Gasteiger partial charge in [0.15, 0.2) is 5.78 Å². The first-order chi connectivity index (χ1) is 8.66. The molecule has 0 fully saturated rings. The van der Waals surface area contributed by atoms with E-state index in [1.54, 1.807) is 12.4 Å². The normalized spacial score (nSPS) is 10.1. The Labute approximate surface area is 107 Å². The molecule has 92 valence electrons. The molecular weight excluding hydrogens is 224 g/mol. The highest BCUT2D eigenvalue weighted by atomic mass is 16.1. The molecule has 0 amide bonds. The number of nitrogens with zero attached hydrogens (tertiary/aromatic N) is 2. The van der Waals surface area contributed by atoms with Gasteiger partial charge in [0.2, 0.25) is 0 Å². The first-order valence-electron chi connectivity index (χ1n) is 5.86. The second-order valence-electron chi connectivity index (χ2n) is 4.40. The van der Waals surface area contributed by atoms with E-state index in [2.05, 4.69) is 4.98 Å². The van der Waals surface area contributed by atoms with Crippen LogP contribution in [0.5, 0.6) is 0 Å². The molecular formula is C15H16N2O. The maximum Gasteiger partial charge on any atom is 0.167 e. The number of hydrogen-bond donors (Lipinski definition) is 0. The summed E-state index contributed by atoms with van der Waals surface area (Å²) in [6.07, 6.45) is 3.83. The minimum atomic E-state index is 0.130. The number of anilines is 1. The van der Waals surface area contributed by atoms with Crippen LogP contribution in [0.15, 0.2) is 48.8 Å². The van der Waals surface area contributed by atoms with Gasteiger partial charge in [0.25, 0.3) is 0 Å². The number of ketones is 1. The summed E-state index contributed by atoms with van der Waals surface area (Å²) >= 11 is 0. The highest BCUT2D eigenvalue weighted by molar-refractivity contribution is 5.98. The van der Waals surface area contributed by atoms with Gasteiger partial charge in [0.1, 0.15) is 0 Å². The standard InChI is InChI=1S/C15H16N2O/c1-17(2)14-5-3-4-13(11-14)15(18)10-12-6-8-16-9-7-12/h3-9,11H,10H2,1-2H3. The number of carbonyl (C=O) groups excluding carboxylic acids is 1. The molecule has 0 atom stereocenters. The number of hydrogen-bond acceptors (Lipinski definition) is 3. The van der Waals surface area contributed by atoms with Crippen LogP contribution >= 0.6 is 0 Å². The maximum absolute atomic E-state index is 12.1. The van der Waals surface area contributed by atoms with E-state index in [4.69, 9.17) is 0 Å². The summed E-state index contributed by atoms with van der Waals surface area (Å²) < 4.78 is 0. The van der Waals surface area contributed by atoms with E-state index in [-0.39, 0.29) is 5.78 Å². The Morgan fingerprint density at radius 1 is 1.17 bits per heavy atom. The lowest BCUT2D eigenvalue weighted by atomic mass is 10.0. The molecule has 1 heterocycles. The second kappa shape index (κ2) is 5.45. The molecule has 0 bridgehead atoms. The molecule has 0 aliphatic rings. The predicted octanol–water partition coefficient (Wildman–Crippen LogP) is 2.57. The Morgan fingerprint density at radius 3 is 2.56 bits per heavy atom. The van der Waals surface area contributed by atoms with Crippen molar-refractivity contribution in [3.8, 4) is 0 Å². The van der Waals surface area contributed by atoms with Gasteiger partial charge >= 0.3 is 0 Å². The highest BCUT2D eigenvalue weighted by Crippen LogP contribution is 2.15. The van der Waals surface area contributed by atoms with E-state index in [1.807, 2.05) is 55.4 Å². The summed E-state index contributed by atoms with van der Waals surface area (Å²) in [6.45, 7) is 0. The third-order valence-corrected chi connectivity index (χ3v) is 2.80. The van der Waals surface area contributed by atoms with E-state index < -0.39 is 0 Å². The molecule has 0 saturated heterocycles. The van der Waals surface area contributed by atoms with E-state index >= 15 is 0 Å². The van der Waals surface area contributed by atoms with Crippen molar-refractivity contribution in [1.29, 1.82) is 0 Å². The lowest BCUT2D eigenvalue weighted by Crippen LogP contribution is -2.10. The summed E-state index contributed by atoms with van der Waals surface area (Å²) in [5.41, 5.74) is 2.78. The molecule has 3 heteroatoms. The van der Waals surface area contributed by atoms with E-state index in [0.717, 1.165) is 16.8 Å².